The van der Waals surface area contributed by atoms with E-state index in [0.717, 1.165) is 18.7 Å². The Hall–Kier alpha value is -3.26. The minimum atomic E-state index is 0.0647. The Labute approximate surface area is 185 Å². The number of ether oxygens (including phenoxy) is 2. The summed E-state index contributed by atoms with van der Waals surface area (Å²) >= 11 is 1.38. The molecule has 160 valence electrons. The molecule has 0 radical (unpaired) electrons. The first-order chi connectivity index (χ1) is 15.2. The second-order valence-electron chi connectivity index (χ2n) is 6.95. The standard InChI is InChI=1S/C23H24N4O3S/c1-3-13-27-21(15-30-20-11-7-6-10-19(20)29-2)24-25-23(27)31-16-22(28)26-14-12-17-8-4-5-9-18(17)26/h3-11H,1,12-16H2,2H3. The number of hydrogen-bond donors (Lipinski definition) is 0. The van der Waals surface area contributed by atoms with Crippen LogP contribution in [0.3, 0.4) is 0 Å². The lowest BCUT2D eigenvalue weighted by molar-refractivity contribution is -0.116. The van der Waals surface area contributed by atoms with E-state index < -0.39 is 0 Å². The molecule has 0 bridgehead atoms. The number of methoxy groups -OCH3 is 1. The van der Waals surface area contributed by atoms with Gasteiger partial charge in [-0.2, -0.15) is 0 Å². The zero-order chi connectivity index (χ0) is 21.6. The Balaban J connectivity index is 1.42. The van der Waals surface area contributed by atoms with E-state index in [4.69, 9.17) is 9.47 Å². The molecule has 1 aromatic heterocycles. The van der Waals surface area contributed by atoms with Crippen LogP contribution < -0.4 is 14.4 Å². The fraction of sp³-hybridized carbons (Fsp3) is 0.261. The van der Waals surface area contributed by atoms with E-state index in [0.29, 0.717) is 29.0 Å². The summed E-state index contributed by atoms with van der Waals surface area (Å²) in [5.74, 6) is 2.30. The van der Waals surface area contributed by atoms with Gasteiger partial charge < -0.3 is 14.4 Å². The van der Waals surface area contributed by atoms with Crippen molar-refractivity contribution in [1.82, 2.24) is 14.8 Å². The lowest BCUT2D eigenvalue weighted by Gasteiger charge is -2.17. The molecule has 8 heteroatoms. The molecule has 0 aliphatic carbocycles. The maximum atomic E-state index is 12.8. The highest BCUT2D eigenvalue weighted by molar-refractivity contribution is 7.99. The normalized spacial score (nSPS) is 12.5. The van der Waals surface area contributed by atoms with Gasteiger partial charge in [-0.05, 0) is 30.2 Å². The van der Waals surface area contributed by atoms with Crippen LogP contribution in [0.25, 0.3) is 0 Å². The van der Waals surface area contributed by atoms with E-state index in [1.165, 1.54) is 17.3 Å². The summed E-state index contributed by atoms with van der Waals surface area (Å²) in [6, 6.07) is 15.5. The van der Waals surface area contributed by atoms with Crippen LogP contribution in [0.2, 0.25) is 0 Å². The van der Waals surface area contributed by atoms with Crippen molar-refractivity contribution in [2.75, 3.05) is 24.3 Å². The summed E-state index contributed by atoms with van der Waals surface area (Å²) in [4.78, 5) is 14.7. The molecule has 3 aromatic rings. The van der Waals surface area contributed by atoms with Crippen LogP contribution in [0.5, 0.6) is 11.5 Å². The van der Waals surface area contributed by atoms with Crippen molar-refractivity contribution in [2.45, 2.75) is 24.7 Å². The zero-order valence-electron chi connectivity index (χ0n) is 17.4. The van der Waals surface area contributed by atoms with Gasteiger partial charge in [0.05, 0.1) is 12.9 Å². The summed E-state index contributed by atoms with van der Waals surface area (Å²) in [6.07, 6.45) is 2.67. The Morgan fingerprint density at radius 3 is 2.74 bits per heavy atom. The first-order valence-corrected chi connectivity index (χ1v) is 11.0. The average Bonchev–Trinajstić information content (AvgIpc) is 3.40. The smallest absolute Gasteiger partial charge is 0.237 e. The highest BCUT2D eigenvalue weighted by Gasteiger charge is 2.25. The van der Waals surface area contributed by atoms with E-state index in [-0.39, 0.29) is 18.3 Å². The van der Waals surface area contributed by atoms with Gasteiger partial charge in [-0.3, -0.25) is 9.36 Å². The molecule has 1 aliphatic rings. The maximum absolute atomic E-state index is 12.8. The van der Waals surface area contributed by atoms with E-state index in [1.807, 2.05) is 51.9 Å². The van der Waals surface area contributed by atoms with E-state index in [2.05, 4.69) is 22.8 Å². The Morgan fingerprint density at radius 2 is 1.94 bits per heavy atom. The van der Waals surface area contributed by atoms with Gasteiger partial charge >= 0.3 is 0 Å². The van der Waals surface area contributed by atoms with E-state index in [1.54, 1.807) is 13.2 Å². The number of rotatable bonds is 9. The molecule has 4 rings (SSSR count). The molecule has 0 saturated carbocycles. The van der Waals surface area contributed by atoms with Crippen LogP contribution in [0.15, 0.2) is 66.3 Å². The van der Waals surface area contributed by atoms with Crippen molar-refractivity contribution in [3.05, 3.63) is 72.6 Å². The topological polar surface area (TPSA) is 69.5 Å². The predicted molar refractivity (Wildman–Crippen MR) is 121 cm³/mol. The molecular weight excluding hydrogens is 412 g/mol. The molecule has 2 heterocycles. The number of amides is 1. The molecule has 0 fully saturated rings. The second kappa shape index (κ2) is 9.70. The van der Waals surface area contributed by atoms with Crippen molar-refractivity contribution in [1.29, 1.82) is 0 Å². The van der Waals surface area contributed by atoms with Crippen LogP contribution >= 0.6 is 11.8 Å². The highest BCUT2D eigenvalue weighted by Crippen LogP contribution is 2.29. The number of benzene rings is 2. The quantitative estimate of drug-likeness (QED) is 0.376. The Morgan fingerprint density at radius 1 is 1.16 bits per heavy atom. The number of aromatic nitrogens is 3. The molecule has 2 aromatic carbocycles. The average molecular weight is 437 g/mol. The monoisotopic (exact) mass is 436 g/mol. The van der Waals surface area contributed by atoms with Gasteiger partial charge in [0.1, 0.15) is 6.61 Å². The zero-order valence-corrected chi connectivity index (χ0v) is 18.2. The molecule has 1 aliphatic heterocycles. The predicted octanol–water partition coefficient (Wildman–Crippen LogP) is 3.73. The number of para-hydroxylation sites is 3. The van der Waals surface area contributed by atoms with Gasteiger partial charge in [0, 0.05) is 18.8 Å². The minimum absolute atomic E-state index is 0.0647. The van der Waals surface area contributed by atoms with E-state index in [9.17, 15) is 4.79 Å². The molecular formula is C23H24N4O3S. The summed E-state index contributed by atoms with van der Waals surface area (Å²) < 4.78 is 13.1. The van der Waals surface area contributed by atoms with E-state index >= 15 is 0 Å². The molecule has 0 N–H and O–H groups in total. The number of thioether (sulfide) groups is 1. The number of fused-ring (bicyclic) bond motifs is 1. The third-order valence-corrected chi connectivity index (χ3v) is 6.00. The minimum Gasteiger partial charge on any atom is -0.493 e. The second-order valence-corrected chi connectivity index (χ2v) is 7.89. The summed E-state index contributed by atoms with van der Waals surface area (Å²) in [5, 5.41) is 9.22. The first-order valence-electron chi connectivity index (χ1n) is 10.0. The lowest BCUT2D eigenvalue weighted by Crippen LogP contribution is -2.30. The van der Waals surface area contributed by atoms with Crippen LogP contribution in [-0.2, 0) is 24.4 Å². The molecule has 0 unspecified atom stereocenters. The third kappa shape index (κ3) is 4.59. The van der Waals surface area contributed by atoms with Crippen molar-refractivity contribution >= 4 is 23.4 Å². The number of carbonyl (C=O) groups is 1. The van der Waals surface area contributed by atoms with Gasteiger partial charge in [-0.1, -0.05) is 48.2 Å². The summed E-state index contributed by atoms with van der Waals surface area (Å²) in [5.41, 5.74) is 2.22. The number of anilines is 1. The van der Waals surface area contributed by atoms with Crippen LogP contribution in [0.1, 0.15) is 11.4 Å². The van der Waals surface area contributed by atoms with Crippen LogP contribution in [0, 0.1) is 0 Å². The molecule has 7 nitrogen and oxygen atoms in total. The molecule has 0 saturated heterocycles. The van der Waals surface area contributed by atoms with Crippen molar-refractivity contribution in [3.8, 4) is 11.5 Å². The number of nitrogens with zero attached hydrogens (tertiary/aromatic N) is 4. The largest absolute Gasteiger partial charge is 0.493 e. The highest BCUT2D eigenvalue weighted by atomic mass is 32.2. The summed E-state index contributed by atoms with van der Waals surface area (Å²) in [6.45, 7) is 5.30. The first kappa shape index (κ1) is 21.0. The van der Waals surface area contributed by atoms with Crippen LogP contribution in [0.4, 0.5) is 5.69 Å². The van der Waals surface area contributed by atoms with Crippen LogP contribution in [-0.4, -0.2) is 40.1 Å². The lowest BCUT2D eigenvalue weighted by atomic mass is 10.2. The molecule has 31 heavy (non-hydrogen) atoms. The SMILES string of the molecule is C=CCn1c(COc2ccccc2OC)nnc1SCC(=O)N1CCc2ccccc21. The number of hydrogen-bond acceptors (Lipinski definition) is 6. The maximum Gasteiger partial charge on any atom is 0.237 e. The van der Waals surface area contributed by atoms with Crippen molar-refractivity contribution < 1.29 is 14.3 Å². The van der Waals surface area contributed by atoms with Gasteiger partial charge in [0.15, 0.2) is 22.5 Å². The van der Waals surface area contributed by atoms with Crippen molar-refractivity contribution in [3.63, 3.8) is 0 Å². The number of allylic oxidation sites excluding steroid dienone is 1. The molecule has 0 spiro atoms. The van der Waals surface area contributed by atoms with Gasteiger partial charge in [-0.15, -0.1) is 16.8 Å². The van der Waals surface area contributed by atoms with Crippen molar-refractivity contribution in [2.24, 2.45) is 0 Å². The number of carbonyl (C=O) groups excluding carboxylic acids is 1. The summed E-state index contributed by atoms with van der Waals surface area (Å²) in [7, 11) is 1.60. The molecule has 1 amide bonds. The fourth-order valence-electron chi connectivity index (χ4n) is 3.53. The third-order valence-electron chi connectivity index (χ3n) is 5.04. The Kier molecular flexibility index (Phi) is 6.57. The van der Waals surface area contributed by atoms with Gasteiger partial charge in [0.2, 0.25) is 5.91 Å². The van der Waals surface area contributed by atoms with Gasteiger partial charge in [-0.25, -0.2) is 0 Å². The Bertz CT molecular complexity index is 1080. The van der Waals surface area contributed by atoms with Gasteiger partial charge in [0.25, 0.3) is 0 Å². The molecule has 0 atom stereocenters. The fourth-order valence-corrected chi connectivity index (χ4v) is 4.37.